The first-order chi connectivity index (χ1) is 11.9. The molecule has 0 heterocycles. The molecule has 1 nitrogen and oxygen atoms in total. The molecule has 0 saturated carbocycles. The topological polar surface area (TPSA) is 17.1 Å². The monoisotopic (exact) mass is 388 g/mol. The first-order valence-corrected chi connectivity index (χ1v) is 7.74. The van der Waals surface area contributed by atoms with E-state index in [0.717, 1.165) is 0 Å². The van der Waals surface area contributed by atoms with E-state index in [1.807, 2.05) is 0 Å². The van der Waals surface area contributed by atoms with Gasteiger partial charge in [-0.1, -0.05) is 58.7 Å². The van der Waals surface area contributed by atoms with Gasteiger partial charge in [-0.2, -0.15) is 0 Å². The second-order valence-electron chi connectivity index (χ2n) is 5.83. The van der Waals surface area contributed by atoms with Crippen molar-refractivity contribution in [2.75, 3.05) is 0 Å². The van der Waals surface area contributed by atoms with Gasteiger partial charge < -0.3 is 0 Å². The predicted molar refractivity (Wildman–Crippen MR) is 110 cm³/mol. The van der Waals surface area contributed by atoms with Crippen molar-refractivity contribution >= 4 is 5.78 Å². The summed E-state index contributed by atoms with van der Waals surface area (Å²) in [4.78, 5) is 12.8. The number of carbonyl (C=O) groups is 1. The number of hydrogen-bond acceptors (Lipinski definition) is 1. The molecule has 0 aliphatic carbocycles. The molecule has 0 fully saturated rings. The molecule has 0 aliphatic rings. The van der Waals surface area contributed by atoms with E-state index < -0.39 is 22.9 Å². The van der Waals surface area contributed by atoms with Crippen LogP contribution in [0.1, 0.15) is 45.9 Å². The van der Waals surface area contributed by atoms with Crippen LogP contribution in [0.4, 0.5) is 13.2 Å². The van der Waals surface area contributed by atoms with Gasteiger partial charge in [0.05, 0.1) is 0 Å². The summed E-state index contributed by atoms with van der Waals surface area (Å²) in [5.74, 6) is -1.66. The molecule has 0 saturated heterocycles. The summed E-state index contributed by atoms with van der Waals surface area (Å²) in [6, 6.07) is 16.6. The van der Waals surface area contributed by atoms with Crippen molar-refractivity contribution in [1.29, 1.82) is 0 Å². The van der Waals surface area contributed by atoms with Crippen LogP contribution in [-0.2, 0) is 10.2 Å². The van der Waals surface area contributed by atoms with E-state index in [2.05, 4.69) is 0 Å². The summed E-state index contributed by atoms with van der Waals surface area (Å²) in [7, 11) is 0. The number of Topliss-reactive ketones (excluding diaryl/α,β-unsaturated/α-hetero) is 1. The largest absolute Gasteiger partial charge is 0.298 e. The zero-order chi connectivity index (χ0) is 18.0. The lowest BCUT2D eigenvalue weighted by Gasteiger charge is -2.33. The Hall–Kier alpha value is -2.88. The third-order valence-electron chi connectivity index (χ3n) is 4.34. The standard InChI is InChI=1S/C21H15F3O.3CH4/c1-14(25)21(15-5-9-18(22)10-6-15,16-7-11-19(23)12-8-16)17-3-2-4-20(24)13-17;;;/h2-13H,1H3;3*1H4. The summed E-state index contributed by atoms with van der Waals surface area (Å²) in [6.45, 7) is 1.39. The van der Waals surface area contributed by atoms with Gasteiger partial charge in [-0.05, 0) is 60.0 Å². The smallest absolute Gasteiger partial charge is 0.149 e. The maximum absolute atomic E-state index is 13.9. The fraction of sp³-hybridized carbons (Fsp3) is 0.208. The van der Waals surface area contributed by atoms with Gasteiger partial charge in [0.25, 0.3) is 0 Å². The van der Waals surface area contributed by atoms with Crippen LogP contribution in [0.5, 0.6) is 0 Å². The highest BCUT2D eigenvalue weighted by molar-refractivity contribution is 5.96. The van der Waals surface area contributed by atoms with E-state index in [4.69, 9.17) is 0 Å². The zero-order valence-corrected chi connectivity index (χ0v) is 13.5. The number of benzene rings is 3. The van der Waals surface area contributed by atoms with E-state index in [1.165, 1.54) is 73.7 Å². The van der Waals surface area contributed by atoms with Crippen LogP contribution < -0.4 is 0 Å². The van der Waals surface area contributed by atoms with Crippen molar-refractivity contribution in [3.8, 4) is 0 Å². The van der Waals surface area contributed by atoms with Crippen LogP contribution >= 0.6 is 0 Å². The van der Waals surface area contributed by atoms with Gasteiger partial charge in [0, 0.05) is 0 Å². The van der Waals surface area contributed by atoms with Crippen molar-refractivity contribution in [2.45, 2.75) is 34.6 Å². The molecule has 0 atom stereocenters. The van der Waals surface area contributed by atoms with Crippen molar-refractivity contribution in [3.05, 3.63) is 107 Å². The fourth-order valence-electron chi connectivity index (χ4n) is 3.23. The lowest BCUT2D eigenvalue weighted by molar-refractivity contribution is -0.119. The van der Waals surface area contributed by atoms with Crippen molar-refractivity contribution in [2.24, 2.45) is 0 Å². The fourth-order valence-corrected chi connectivity index (χ4v) is 3.23. The Bertz CT molecular complexity index is 854. The molecule has 0 amide bonds. The van der Waals surface area contributed by atoms with Crippen LogP contribution in [-0.4, -0.2) is 5.78 Å². The van der Waals surface area contributed by atoms with Gasteiger partial charge in [-0.3, -0.25) is 4.79 Å². The Balaban J connectivity index is 0.00000243. The van der Waals surface area contributed by atoms with Gasteiger partial charge in [0.15, 0.2) is 0 Å². The van der Waals surface area contributed by atoms with Crippen LogP contribution in [0.3, 0.4) is 0 Å². The molecule has 0 unspecified atom stereocenters. The van der Waals surface area contributed by atoms with Crippen LogP contribution in [0.2, 0.25) is 0 Å². The molecule has 0 spiro atoms. The first-order valence-electron chi connectivity index (χ1n) is 7.74. The summed E-state index contributed by atoms with van der Waals surface area (Å²) in [5.41, 5.74) is 0.0131. The summed E-state index contributed by atoms with van der Waals surface area (Å²) >= 11 is 0. The molecular weight excluding hydrogens is 361 g/mol. The van der Waals surface area contributed by atoms with E-state index in [-0.39, 0.29) is 28.1 Å². The molecule has 0 aromatic heterocycles. The van der Waals surface area contributed by atoms with Crippen molar-refractivity contribution in [3.63, 3.8) is 0 Å². The Labute approximate surface area is 165 Å². The van der Waals surface area contributed by atoms with Crippen LogP contribution in [0, 0.1) is 17.5 Å². The van der Waals surface area contributed by atoms with Crippen molar-refractivity contribution < 1.29 is 18.0 Å². The maximum atomic E-state index is 13.9. The number of rotatable bonds is 4. The van der Waals surface area contributed by atoms with E-state index >= 15 is 0 Å². The van der Waals surface area contributed by atoms with Gasteiger partial charge in [0.1, 0.15) is 28.6 Å². The highest BCUT2D eigenvalue weighted by Crippen LogP contribution is 2.40. The number of halogens is 3. The lowest BCUT2D eigenvalue weighted by atomic mass is 9.67. The molecular formula is C24H27F3O. The van der Waals surface area contributed by atoms with Gasteiger partial charge in [0.2, 0.25) is 0 Å². The van der Waals surface area contributed by atoms with Crippen LogP contribution in [0.15, 0.2) is 72.8 Å². The molecule has 0 radical (unpaired) electrons. The predicted octanol–water partition coefficient (Wildman–Crippen LogP) is 6.94. The highest BCUT2D eigenvalue weighted by atomic mass is 19.1. The Morgan fingerprint density at radius 3 is 1.43 bits per heavy atom. The minimum atomic E-state index is -1.36. The second kappa shape index (κ2) is 9.88. The van der Waals surface area contributed by atoms with E-state index in [9.17, 15) is 18.0 Å². The summed E-state index contributed by atoms with van der Waals surface area (Å²) in [6.07, 6.45) is 0. The molecule has 0 aliphatic heterocycles. The second-order valence-corrected chi connectivity index (χ2v) is 5.83. The molecule has 3 rings (SSSR count). The van der Waals surface area contributed by atoms with Crippen LogP contribution in [0.25, 0.3) is 0 Å². The molecule has 0 bridgehead atoms. The molecule has 0 N–H and O–H groups in total. The third-order valence-corrected chi connectivity index (χ3v) is 4.34. The molecule has 28 heavy (non-hydrogen) atoms. The van der Waals surface area contributed by atoms with Gasteiger partial charge in [-0.15, -0.1) is 0 Å². The SMILES string of the molecule is C.C.C.CC(=O)C(c1ccc(F)cc1)(c1ccc(F)cc1)c1cccc(F)c1. The molecule has 3 aromatic rings. The molecule has 4 heteroatoms. The average molecular weight is 388 g/mol. The minimum Gasteiger partial charge on any atom is -0.298 e. The first kappa shape index (κ1) is 25.1. The van der Waals surface area contributed by atoms with Gasteiger partial charge in [-0.25, -0.2) is 13.2 Å². The van der Waals surface area contributed by atoms with Crippen molar-refractivity contribution in [1.82, 2.24) is 0 Å². The summed E-state index contributed by atoms with van der Waals surface area (Å²) < 4.78 is 40.7. The van der Waals surface area contributed by atoms with Gasteiger partial charge >= 0.3 is 0 Å². The van der Waals surface area contributed by atoms with E-state index in [1.54, 1.807) is 6.07 Å². The zero-order valence-electron chi connectivity index (χ0n) is 13.5. The summed E-state index contributed by atoms with van der Waals surface area (Å²) in [5, 5.41) is 0. The molecule has 3 aromatic carbocycles. The Kier molecular flexibility index (Phi) is 8.87. The Morgan fingerprint density at radius 2 is 1.07 bits per heavy atom. The average Bonchev–Trinajstić information content (AvgIpc) is 2.58. The highest BCUT2D eigenvalue weighted by Gasteiger charge is 2.41. The molecule has 150 valence electrons. The Morgan fingerprint density at radius 1 is 0.643 bits per heavy atom. The maximum Gasteiger partial charge on any atom is 0.149 e. The lowest BCUT2D eigenvalue weighted by Crippen LogP contribution is -2.37. The number of carbonyl (C=O) groups excluding carboxylic acids is 1. The van der Waals surface area contributed by atoms with E-state index in [0.29, 0.717) is 16.7 Å². The number of hydrogen-bond donors (Lipinski definition) is 0. The minimum absolute atomic E-state index is 0. The number of ketones is 1. The normalized spacial score (nSPS) is 10.1. The quantitative estimate of drug-likeness (QED) is 0.443. The third kappa shape index (κ3) is 4.33.